The molecule has 4 aromatic rings. The smallest absolute Gasteiger partial charge is 0.453 e. The third-order valence-electron chi connectivity index (χ3n) is 5.55. The number of anilines is 1. The van der Waals surface area contributed by atoms with Crippen molar-refractivity contribution in [2.45, 2.75) is 32.9 Å². The fourth-order valence-corrected chi connectivity index (χ4v) is 3.70. The van der Waals surface area contributed by atoms with E-state index in [0.29, 0.717) is 5.69 Å². The third-order valence-corrected chi connectivity index (χ3v) is 5.55. The number of rotatable bonds is 7. The minimum Gasteiger partial charge on any atom is -0.484 e. The van der Waals surface area contributed by atoms with Crippen molar-refractivity contribution in [1.82, 2.24) is 0 Å². The van der Waals surface area contributed by atoms with Gasteiger partial charge in [0.15, 0.2) is 6.61 Å². The van der Waals surface area contributed by atoms with Gasteiger partial charge in [-0.05, 0) is 48.7 Å². The van der Waals surface area contributed by atoms with Gasteiger partial charge in [0.05, 0.1) is 5.39 Å². The maximum atomic E-state index is 13.8. The zero-order valence-corrected chi connectivity index (χ0v) is 20.3. The number of hydrogen-bond acceptors (Lipinski definition) is 5. The van der Waals surface area contributed by atoms with Crippen molar-refractivity contribution in [2.24, 2.45) is 0 Å². The Balaban J connectivity index is 1.59. The number of hydrogen-bond donors (Lipinski definition) is 1. The summed E-state index contributed by atoms with van der Waals surface area (Å²) in [6.45, 7) is 5.40. The number of amides is 1. The van der Waals surface area contributed by atoms with E-state index in [1.165, 1.54) is 24.3 Å². The van der Waals surface area contributed by atoms with E-state index in [9.17, 15) is 22.8 Å². The van der Waals surface area contributed by atoms with Crippen LogP contribution in [0.3, 0.4) is 0 Å². The first-order valence-electron chi connectivity index (χ1n) is 11.5. The van der Waals surface area contributed by atoms with Crippen LogP contribution < -0.4 is 20.2 Å². The number of nitrogens with one attached hydrogen (secondary N) is 1. The molecule has 192 valence electrons. The molecule has 1 heterocycles. The lowest BCUT2D eigenvalue weighted by molar-refractivity contribution is -0.154. The van der Waals surface area contributed by atoms with Gasteiger partial charge in [-0.2, -0.15) is 13.2 Å². The molecule has 0 bridgehead atoms. The van der Waals surface area contributed by atoms with Crippen LogP contribution in [0, 0.1) is 6.92 Å². The molecule has 1 amide bonds. The molecule has 1 N–H and O–H groups in total. The molecule has 0 aliphatic rings. The number of fused-ring (bicyclic) bond motifs is 1. The second kappa shape index (κ2) is 10.4. The first kappa shape index (κ1) is 25.8. The second-order valence-corrected chi connectivity index (χ2v) is 8.74. The van der Waals surface area contributed by atoms with E-state index in [-0.39, 0.29) is 28.4 Å². The molecular weight excluding hydrogens is 487 g/mol. The summed E-state index contributed by atoms with van der Waals surface area (Å²) in [4.78, 5) is 25.4. The van der Waals surface area contributed by atoms with Crippen LogP contribution in [0.2, 0.25) is 0 Å². The number of carbonyl (C=O) groups is 1. The predicted octanol–water partition coefficient (Wildman–Crippen LogP) is 7.05. The topological polar surface area (TPSA) is 77.8 Å². The molecule has 0 radical (unpaired) electrons. The Bertz CT molecular complexity index is 1490. The van der Waals surface area contributed by atoms with Gasteiger partial charge in [0.1, 0.15) is 17.1 Å². The van der Waals surface area contributed by atoms with Gasteiger partial charge in [-0.15, -0.1) is 0 Å². The maximum absolute atomic E-state index is 13.8. The van der Waals surface area contributed by atoms with Crippen molar-refractivity contribution >= 4 is 22.6 Å². The normalized spacial score (nSPS) is 11.5. The Hall–Kier alpha value is -4.27. The van der Waals surface area contributed by atoms with Crippen LogP contribution in [-0.2, 0) is 11.0 Å². The Morgan fingerprint density at radius 3 is 2.35 bits per heavy atom. The largest absolute Gasteiger partial charge is 0.484 e. The molecule has 0 atom stereocenters. The summed E-state index contributed by atoms with van der Waals surface area (Å²) >= 11 is 0. The van der Waals surface area contributed by atoms with Crippen molar-refractivity contribution in [3.63, 3.8) is 0 Å². The molecule has 4 rings (SSSR count). The number of alkyl halides is 3. The third kappa shape index (κ3) is 5.94. The van der Waals surface area contributed by atoms with Gasteiger partial charge in [0.2, 0.25) is 11.2 Å². The maximum Gasteiger partial charge on any atom is 0.453 e. The molecule has 9 heteroatoms. The number of ether oxygens (including phenoxy) is 2. The summed E-state index contributed by atoms with van der Waals surface area (Å²) in [6.07, 6.45) is -4.99. The Kier molecular flexibility index (Phi) is 7.24. The highest BCUT2D eigenvalue weighted by molar-refractivity contribution is 5.92. The highest BCUT2D eigenvalue weighted by Gasteiger charge is 2.40. The van der Waals surface area contributed by atoms with Crippen LogP contribution in [0.1, 0.15) is 36.7 Å². The molecule has 1 aromatic heterocycles. The van der Waals surface area contributed by atoms with Gasteiger partial charge in [0, 0.05) is 11.8 Å². The van der Waals surface area contributed by atoms with Gasteiger partial charge < -0.3 is 19.2 Å². The molecule has 0 saturated heterocycles. The number of carbonyl (C=O) groups excluding carboxylic acids is 1. The number of para-hydroxylation sites is 1. The van der Waals surface area contributed by atoms with E-state index in [1.807, 2.05) is 32.9 Å². The fraction of sp³-hybridized carbons (Fsp3) is 0.214. The van der Waals surface area contributed by atoms with Crippen LogP contribution in [0.4, 0.5) is 18.9 Å². The van der Waals surface area contributed by atoms with Crippen LogP contribution in [0.15, 0.2) is 75.9 Å². The standard InChI is InChI=1S/C28H24F3NO5/c1-16(2)20-6-4-5-7-22(20)32-24(33)15-35-19-12-13-21-23(14-19)37-27(28(29,30)31)26(25(21)34)36-18-10-8-17(3)9-11-18/h4-14,16H,15H2,1-3H3,(H,32,33). The summed E-state index contributed by atoms with van der Waals surface area (Å²) in [7, 11) is 0. The summed E-state index contributed by atoms with van der Waals surface area (Å²) in [5.41, 5.74) is 1.14. The van der Waals surface area contributed by atoms with Crippen LogP contribution in [-0.4, -0.2) is 12.5 Å². The average Bonchev–Trinajstić information content (AvgIpc) is 2.85. The van der Waals surface area contributed by atoms with Gasteiger partial charge in [-0.3, -0.25) is 9.59 Å². The van der Waals surface area contributed by atoms with Gasteiger partial charge in [-0.1, -0.05) is 49.7 Å². The lowest BCUT2D eigenvalue weighted by Crippen LogP contribution is -2.21. The highest BCUT2D eigenvalue weighted by Crippen LogP contribution is 2.38. The van der Waals surface area contributed by atoms with Gasteiger partial charge >= 0.3 is 6.18 Å². The average molecular weight is 511 g/mol. The van der Waals surface area contributed by atoms with Crippen molar-refractivity contribution in [3.05, 3.63) is 93.8 Å². The molecule has 0 aliphatic heterocycles. The molecule has 0 unspecified atom stereocenters. The lowest BCUT2D eigenvalue weighted by atomic mass is 10.0. The van der Waals surface area contributed by atoms with E-state index in [0.717, 1.165) is 17.2 Å². The highest BCUT2D eigenvalue weighted by atomic mass is 19.4. The summed E-state index contributed by atoms with van der Waals surface area (Å²) < 4.78 is 57.2. The van der Waals surface area contributed by atoms with Crippen molar-refractivity contribution in [1.29, 1.82) is 0 Å². The SMILES string of the molecule is Cc1ccc(Oc2c(C(F)(F)F)oc3cc(OCC(=O)Nc4ccccc4C(C)C)ccc3c2=O)cc1. The van der Waals surface area contributed by atoms with E-state index < -0.39 is 35.6 Å². The minimum atomic E-state index is -4.99. The Labute approximate surface area is 210 Å². The Morgan fingerprint density at radius 2 is 1.68 bits per heavy atom. The lowest BCUT2D eigenvalue weighted by Gasteiger charge is -2.15. The fourth-order valence-electron chi connectivity index (χ4n) is 3.70. The van der Waals surface area contributed by atoms with Crippen LogP contribution in [0.5, 0.6) is 17.2 Å². The van der Waals surface area contributed by atoms with E-state index >= 15 is 0 Å². The van der Waals surface area contributed by atoms with Crippen molar-refractivity contribution < 1.29 is 31.9 Å². The van der Waals surface area contributed by atoms with Gasteiger partial charge in [-0.25, -0.2) is 0 Å². The van der Waals surface area contributed by atoms with Crippen molar-refractivity contribution in [3.8, 4) is 17.2 Å². The zero-order chi connectivity index (χ0) is 26.7. The Morgan fingerprint density at radius 1 is 1.00 bits per heavy atom. The van der Waals surface area contributed by atoms with E-state index in [1.54, 1.807) is 24.3 Å². The first-order chi connectivity index (χ1) is 17.5. The number of aryl methyl sites for hydroxylation is 1. The summed E-state index contributed by atoms with van der Waals surface area (Å²) in [5, 5.41) is 2.64. The van der Waals surface area contributed by atoms with Crippen molar-refractivity contribution in [2.75, 3.05) is 11.9 Å². The molecule has 6 nitrogen and oxygen atoms in total. The number of halogens is 3. The summed E-state index contributed by atoms with van der Waals surface area (Å²) in [6, 6.07) is 17.3. The molecule has 0 fully saturated rings. The van der Waals surface area contributed by atoms with Crippen LogP contribution in [0.25, 0.3) is 11.0 Å². The zero-order valence-electron chi connectivity index (χ0n) is 20.3. The quantitative estimate of drug-likeness (QED) is 0.288. The minimum absolute atomic E-state index is 0.0586. The number of benzene rings is 3. The first-order valence-corrected chi connectivity index (χ1v) is 11.5. The molecular formula is C28H24F3NO5. The predicted molar refractivity (Wildman–Crippen MR) is 133 cm³/mol. The van der Waals surface area contributed by atoms with E-state index in [4.69, 9.17) is 13.9 Å². The summed E-state index contributed by atoms with van der Waals surface area (Å²) in [5.74, 6) is -2.67. The van der Waals surface area contributed by atoms with E-state index in [2.05, 4.69) is 5.32 Å². The van der Waals surface area contributed by atoms with Gasteiger partial charge in [0.25, 0.3) is 11.7 Å². The molecule has 0 aliphatic carbocycles. The molecule has 37 heavy (non-hydrogen) atoms. The van der Waals surface area contributed by atoms with Crippen LogP contribution >= 0.6 is 0 Å². The molecule has 0 spiro atoms. The monoisotopic (exact) mass is 511 g/mol. The molecule has 3 aromatic carbocycles. The molecule has 0 saturated carbocycles. The second-order valence-electron chi connectivity index (χ2n) is 8.74.